The average molecular weight is 321 g/mol. The van der Waals surface area contributed by atoms with E-state index in [0.29, 0.717) is 18.2 Å². The van der Waals surface area contributed by atoms with Crippen molar-refractivity contribution in [3.8, 4) is 0 Å². The third-order valence-corrected chi connectivity index (χ3v) is 4.41. The van der Waals surface area contributed by atoms with Crippen LogP contribution in [0.3, 0.4) is 0 Å². The van der Waals surface area contributed by atoms with E-state index in [-0.39, 0.29) is 11.9 Å². The van der Waals surface area contributed by atoms with Crippen molar-refractivity contribution in [3.63, 3.8) is 0 Å². The number of fused-ring (bicyclic) bond motifs is 1. The van der Waals surface area contributed by atoms with E-state index in [0.717, 1.165) is 36.2 Å². The number of carbonyl (C=O) groups is 2. The molecule has 1 saturated carbocycles. The molecule has 24 heavy (non-hydrogen) atoms. The van der Waals surface area contributed by atoms with Gasteiger partial charge >= 0.3 is 6.03 Å². The van der Waals surface area contributed by atoms with Gasteiger partial charge in [0.1, 0.15) is 0 Å². The number of nitrogens with zero attached hydrogens (tertiary/aromatic N) is 1. The molecule has 2 N–H and O–H groups in total. The second-order valence-electron chi connectivity index (χ2n) is 6.29. The van der Waals surface area contributed by atoms with Crippen molar-refractivity contribution >= 4 is 23.3 Å². The van der Waals surface area contributed by atoms with Gasteiger partial charge in [-0.1, -0.05) is 18.2 Å². The second kappa shape index (κ2) is 6.00. The number of nitrogens with one attached hydrogen (secondary N) is 2. The Bertz CT molecular complexity index is 784. The predicted molar refractivity (Wildman–Crippen MR) is 93.4 cm³/mol. The summed E-state index contributed by atoms with van der Waals surface area (Å²) in [6, 6.07) is 15.2. The molecule has 0 atom stereocenters. The summed E-state index contributed by atoms with van der Waals surface area (Å²) < 4.78 is 0. The molecule has 0 radical (unpaired) electrons. The number of amides is 3. The first-order valence-electron chi connectivity index (χ1n) is 8.28. The summed E-state index contributed by atoms with van der Waals surface area (Å²) >= 11 is 0. The van der Waals surface area contributed by atoms with Crippen LogP contribution in [0.15, 0.2) is 48.5 Å². The number of hydrogen-bond acceptors (Lipinski definition) is 2. The van der Waals surface area contributed by atoms with Gasteiger partial charge in [-0.3, -0.25) is 4.79 Å². The number of carbonyl (C=O) groups excluding carboxylic acids is 2. The van der Waals surface area contributed by atoms with Crippen LogP contribution in [0, 0.1) is 0 Å². The SMILES string of the molecule is O=C(Nc1ccc2c(c1)CCN2C(=O)c1ccccc1)NC1CC1. The molecule has 1 fully saturated rings. The molecule has 1 aliphatic heterocycles. The molecule has 2 aromatic rings. The van der Waals surface area contributed by atoms with Gasteiger partial charge in [-0.15, -0.1) is 0 Å². The summed E-state index contributed by atoms with van der Waals surface area (Å²) in [6.07, 6.45) is 2.93. The van der Waals surface area contributed by atoms with Gasteiger partial charge in [0.15, 0.2) is 0 Å². The van der Waals surface area contributed by atoms with E-state index in [1.807, 2.05) is 48.5 Å². The summed E-state index contributed by atoms with van der Waals surface area (Å²) in [5.41, 5.74) is 3.47. The van der Waals surface area contributed by atoms with Crippen LogP contribution in [0.1, 0.15) is 28.8 Å². The van der Waals surface area contributed by atoms with Crippen LogP contribution in [-0.2, 0) is 6.42 Å². The van der Waals surface area contributed by atoms with E-state index in [1.165, 1.54) is 0 Å². The molecule has 3 amide bonds. The van der Waals surface area contributed by atoms with Crippen LogP contribution in [0.25, 0.3) is 0 Å². The van der Waals surface area contributed by atoms with Crippen LogP contribution in [0.4, 0.5) is 16.2 Å². The molecule has 0 aromatic heterocycles. The fourth-order valence-corrected chi connectivity index (χ4v) is 3.01. The Labute approximate surface area is 140 Å². The molecule has 1 heterocycles. The van der Waals surface area contributed by atoms with Gasteiger partial charge in [0, 0.05) is 29.5 Å². The maximum absolute atomic E-state index is 12.6. The zero-order valence-corrected chi connectivity index (χ0v) is 13.3. The summed E-state index contributed by atoms with van der Waals surface area (Å²) in [5.74, 6) is 0.0153. The van der Waals surface area contributed by atoms with Gasteiger partial charge in [-0.05, 0) is 55.2 Å². The summed E-state index contributed by atoms with van der Waals surface area (Å²) in [5, 5.41) is 5.77. The smallest absolute Gasteiger partial charge is 0.319 e. The largest absolute Gasteiger partial charge is 0.335 e. The highest BCUT2D eigenvalue weighted by Crippen LogP contribution is 2.31. The van der Waals surface area contributed by atoms with Crippen molar-refractivity contribution in [3.05, 3.63) is 59.7 Å². The van der Waals surface area contributed by atoms with E-state index < -0.39 is 0 Å². The van der Waals surface area contributed by atoms with Crippen LogP contribution in [-0.4, -0.2) is 24.5 Å². The molecule has 122 valence electrons. The normalized spacial score (nSPS) is 15.8. The second-order valence-corrected chi connectivity index (χ2v) is 6.29. The van der Waals surface area contributed by atoms with E-state index in [1.54, 1.807) is 4.90 Å². The zero-order valence-electron chi connectivity index (χ0n) is 13.3. The monoisotopic (exact) mass is 321 g/mol. The molecular formula is C19H19N3O2. The molecule has 0 bridgehead atoms. The van der Waals surface area contributed by atoms with E-state index >= 15 is 0 Å². The van der Waals surface area contributed by atoms with Crippen molar-refractivity contribution < 1.29 is 9.59 Å². The standard InChI is InChI=1S/C19H19N3O2/c23-18(13-4-2-1-3-5-13)22-11-10-14-12-16(8-9-17(14)22)21-19(24)20-15-6-7-15/h1-5,8-9,12,15H,6-7,10-11H2,(H2,20,21,24). The summed E-state index contributed by atoms with van der Waals surface area (Å²) in [4.78, 5) is 26.3. The number of hydrogen-bond donors (Lipinski definition) is 2. The highest BCUT2D eigenvalue weighted by Gasteiger charge is 2.26. The van der Waals surface area contributed by atoms with Crippen molar-refractivity contribution in [2.75, 3.05) is 16.8 Å². The topological polar surface area (TPSA) is 61.4 Å². The molecule has 0 saturated heterocycles. The first-order chi connectivity index (χ1) is 11.7. The first-order valence-corrected chi connectivity index (χ1v) is 8.28. The Kier molecular flexibility index (Phi) is 3.69. The van der Waals surface area contributed by atoms with Crippen molar-refractivity contribution in [2.24, 2.45) is 0 Å². The molecule has 1 aliphatic carbocycles. The lowest BCUT2D eigenvalue weighted by atomic mass is 10.1. The van der Waals surface area contributed by atoms with E-state index in [2.05, 4.69) is 10.6 Å². The van der Waals surface area contributed by atoms with Gasteiger partial charge in [0.05, 0.1) is 0 Å². The molecule has 0 spiro atoms. The fraction of sp³-hybridized carbons (Fsp3) is 0.263. The average Bonchev–Trinajstić information content (AvgIpc) is 3.31. The highest BCUT2D eigenvalue weighted by atomic mass is 16.2. The lowest BCUT2D eigenvalue weighted by Gasteiger charge is -2.17. The summed E-state index contributed by atoms with van der Waals surface area (Å²) in [6.45, 7) is 0.667. The minimum atomic E-state index is -0.160. The Morgan fingerprint density at radius 2 is 1.83 bits per heavy atom. The first kappa shape index (κ1) is 14.8. The number of rotatable bonds is 3. The summed E-state index contributed by atoms with van der Waals surface area (Å²) in [7, 11) is 0. The zero-order chi connectivity index (χ0) is 16.5. The molecule has 4 rings (SSSR count). The number of anilines is 2. The maximum Gasteiger partial charge on any atom is 0.319 e. The Morgan fingerprint density at radius 1 is 1.04 bits per heavy atom. The highest BCUT2D eigenvalue weighted by molar-refractivity contribution is 6.07. The van der Waals surface area contributed by atoms with Crippen LogP contribution in [0.2, 0.25) is 0 Å². The molecule has 2 aliphatic rings. The molecule has 5 heteroatoms. The van der Waals surface area contributed by atoms with Crippen molar-refractivity contribution in [1.82, 2.24) is 5.32 Å². The van der Waals surface area contributed by atoms with Gasteiger partial charge in [-0.2, -0.15) is 0 Å². The van der Waals surface area contributed by atoms with Gasteiger partial charge in [0.25, 0.3) is 5.91 Å². The lowest BCUT2D eigenvalue weighted by Crippen LogP contribution is -2.30. The van der Waals surface area contributed by atoms with Gasteiger partial charge < -0.3 is 15.5 Å². The van der Waals surface area contributed by atoms with Crippen molar-refractivity contribution in [1.29, 1.82) is 0 Å². The van der Waals surface area contributed by atoms with Gasteiger partial charge in [0.2, 0.25) is 0 Å². The Morgan fingerprint density at radius 3 is 2.58 bits per heavy atom. The third kappa shape index (κ3) is 2.97. The maximum atomic E-state index is 12.6. The molecular weight excluding hydrogens is 302 g/mol. The van der Waals surface area contributed by atoms with Crippen LogP contribution >= 0.6 is 0 Å². The molecule has 5 nitrogen and oxygen atoms in total. The van der Waals surface area contributed by atoms with Crippen LogP contribution < -0.4 is 15.5 Å². The quantitative estimate of drug-likeness (QED) is 0.912. The number of urea groups is 1. The molecule has 2 aromatic carbocycles. The minimum absolute atomic E-state index is 0.0153. The van der Waals surface area contributed by atoms with Crippen LogP contribution in [0.5, 0.6) is 0 Å². The number of benzene rings is 2. The lowest BCUT2D eigenvalue weighted by molar-refractivity contribution is 0.0989. The Hall–Kier alpha value is -2.82. The Balaban J connectivity index is 1.50. The van der Waals surface area contributed by atoms with E-state index in [9.17, 15) is 9.59 Å². The van der Waals surface area contributed by atoms with Gasteiger partial charge in [-0.25, -0.2) is 4.79 Å². The molecule has 0 unspecified atom stereocenters. The minimum Gasteiger partial charge on any atom is -0.335 e. The fourth-order valence-electron chi connectivity index (χ4n) is 3.01. The predicted octanol–water partition coefficient (Wildman–Crippen LogP) is 3.17. The van der Waals surface area contributed by atoms with Crippen molar-refractivity contribution in [2.45, 2.75) is 25.3 Å². The van der Waals surface area contributed by atoms with E-state index in [4.69, 9.17) is 0 Å². The third-order valence-electron chi connectivity index (χ3n) is 4.41.